The average Bonchev–Trinajstić information content (AvgIpc) is 2.99. The zero-order valence-corrected chi connectivity index (χ0v) is 19.6. The van der Waals surface area contributed by atoms with Crippen LogP contribution in [-0.4, -0.2) is 9.78 Å². The second-order valence-electron chi connectivity index (χ2n) is 6.04. The van der Waals surface area contributed by atoms with E-state index in [1.165, 1.54) is 0 Å². The Morgan fingerprint density at radius 3 is 2.04 bits per heavy atom. The molecule has 0 aliphatic heterocycles. The summed E-state index contributed by atoms with van der Waals surface area (Å²) < 4.78 is 3.66. The lowest BCUT2D eigenvalue weighted by Crippen LogP contribution is -2.00. The van der Waals surface area contributed by atoms with Crippen molar-refractivity contribution in [2.75, 3.05) is 0 Å². The van der Waals surface area contributed by atoms with Gasteiger partial charge in [-0.2, -0.15) is 5.10 Å². The van der Waals surface area contributed by atoms with Gasteiger partial charge in [-0.3, -0.25) is 0 Å². The Hall–Kier alpha value is -1.30. The zero-order valence-electron chi connectivity index (χ0n) is 14.1. The molecular weight excluding hydrogens is 546 g/mol. The van der Waals surface area contributed by atoms with Crippen molar-refractivity contribution < 1.29 is 0 Å². The number of benzene rings is 3. The lowest BCUT2D eigenvalue weighted by atomic mass is 10.1. The maximum Gasteiger partial charge on any atom is 0.112 e. The molecule has 7 heteroatoms. The summed E-state index contributed by atoms with van der Waals surface area (Å²) in [5.41, 5.74) is 3.94. The highest BCUT2D eigenvalue weighted by molar-refractivity contribution is 9.10. The van der Waals surface area contributed by atoms with Gasteiger partial charge in [0.1, 0.15) is 5.69 Å². The minimum atomic E-state index is 0.490. The second kappa shape index (κ2) is 8.21. The quantitative estimate of drug-likeness (QED) is 0.246. The Morgan fingerprint density at radius 2 is 1.39 bits per heavy atom. The summed E-state index contributed by atoms with van der Waals surface area (Å²) in [4.78, 5) is 0. The molecule has 0 unspecified atom stereocenters. The lowest BCUT2D eigenvalue weighted by Gasteiger charge is -2.10. The summed E-state index contributed by atoms with van der Waals surface area (Å²) in [6.45, 7) is 0. The molecule has 0 radical (unpaired) electrons. The van der Waals surface area contributed by atoms with Gasteiger partial charge >= 0.3 is 0 Å². The van der Waals surface area contributed by atoms with E-state index >= 15 is 0 Å². The molecule has 0 spiro atoms. The third-order valence-electron chi connectivity index (χ3n) is 4.16. The van der Waals surface area contributed by atoms with E-state index in [2.05, 4.69) is 31.9 Å². The SMILES string of the molecule is Clc1ccc(-n2nc(-c3cccc(Br)c3)c(Cl)c2-c2cccc(Br)c2)c(Cl)c1. The molecule has 0 aliphatic carbocycles. The summed E-state index contributed by atoms with van der Waals surface area (Å²) in [6.07, 6.45) is 0. The van der Waals surface area contributed by atoms with Crippen LogP contribution in [0, 0.1) is 0 Å². The second-order valence-corrected chi connectivity index (χ2v) is 9.09. The Balaban J connectivity index is 2.02. The molecule has 3 aromatic carbocycles. The van der Waals surface area contributed by atoms with E-state index in [0.717, 1.165) is 25.8 Å². The molecule has 1 heterocycles. The van der Waals surface area contributed by atoms with Crippen LogP contribution in [0.4, 0.5) is 0 Å². The zero-order chi connectivity index (χ0) is 19.8. The minimum absolute atomic E-state index is 0.490. The number of halogens is 5. The molecule has 28 heavy (non-hydrogen) atoms. The van der Waals surface area contributed by atoms with Gasteiger partial charge in [0, 0.05) is 25.1 Å². The van der Waals surface area contributed by atoms with E-state index in [1.807, 2.05) is 54.6 Å². The molecule has 2 nitrogen and oxygen atoms in total. The summed E-state index contributed by atoms with van der Waals surface area (Å²) in [5.74, 6) is 0. The van der Waals surface area contributed by atoms with Gasteiger partial charge in [-0.1, -0.05) is 90.9 Å². The molecule has 0 atom stereocenters. The van der Waals surface area contributed by atoms with Crippen molar-refractivity contribution in [1.82, 2.24) is 9.78 Å². The van der Waals surface area contributed by atoms with Gasteiger partial charge < -0.3 is 0 Å². The molecule has 0 saturated carbocycles. The first kappa shape index (κ1) is 20.0. The van der Waals surface area contributed by atoms with Gasteiger partial charge in [0.15, 0.2) is 0 Å². The molecule has 0 bridgehead atoms. The molecule has 0 fully saturated rings. The Kier molecular flexibility index (Phi) is 5.86. The summed E-state index contributed by atoms with van der Waals surface area (Å²) in [6, 6.07) is 21.1. The topological polar surface area (TPSA) is 17.8 Å². The van der Waals surface area contributed by atoms with E-state index in [4.69, 9.17) is 39.9 Å². The Morgan fingerprint density at radius 1 is 0.750 bits per heavy atom. The highest BCUT2D eigenvalue weighted by Gasteiger charge is 2.22. The standard InChI is InChI=1S/C21H11Br2Cl3N2/c22-14-5-1-3-12(9-14)20-19(26)21(13-4-2-6-15(23)10-13)28(27-20)18-8-7-16(24)11-17(18)25/h1-11H. The van der Waals surface area contributed by atoms with Crippen molar-refractivity contribution >= 4 is 66.7 Å². The number of rotatable bonds is 3. The van der Waals surface area contributed by atoms with E-state index in [9.17, 15) is 0 Å². The fourth-order valence-electron chi connectivity index (χ4n) is 2.93. The first-order valence-electron chi connectivity index (χ1n) is 8.20. The number of hydrogen-bond acceptors (Lipinski definition) is 1. The van der Waals surface area contributed by atoms with Crippen LogP contribution in [0.5, 0.6) is 0 Å². The van der Waals surface area contributed by atoms with Crippen LogP contribution in [0.3, 0.4) is 0 Å². The Labute approximate surface area is 194 Å². The van der Waals surface area contributed by atoms with Crippen molar-refractivity contribution in [3.05, 3.63) is 90.7 Å². The van der Waals surface area contributed by atoms with Gasteiger partial charge in [0.2, 0.25) is 0 Å². The van der Waals surface area contributed by atoms with Crippen LogP contribution in [0.15, 0.2) is 75.7 Å². The fourth-order valence-corrected chi connectivity index (χ4v) is 4.55. The normalized spacial score (nSPS) is 11.0. The van der Waals surface area contributed by atoms with Gasteiger partial charge in [-0.05, 0) is 42.5 Å². The molecule has 4 aromatic rings. The lowest BCUT2D eigenvalue weighted by molar-refractivity contribution is 0.892. The van der Waals surface area contributed by atoms with E-state index in [-0.39, 0.29) is 0 Å². The maximum absolute atomic E-state index is 6.85. The number of nitrogens with zero attached hydrogens (tertiary/aromatic N) is 2. The van der Waals surface area contributed by atoms with Crippen LogP contribution >= 0.6 is 66.7 Å². The van der Waals surface area contributed by atoms with Crippen molar-refractivity contribution in [3.8, 4) is 28.2 Å². The van der Waals surface area contributed by atoms with Crippen molar-refractivity contribution in [1.29, 1.82) is 0 Å². The van der Waals surface area contributed by atoms with Gasteiger partial charge in [-0.25, -0.2) is 4.68 Å². The van der Waals surface area contributed by atoms with Gasteiger partial charge in [0.05, 0.1) is 21.4 Å². The van der Waals surface area contributed by atoms with Crippen LogP contribution in [0.1, 0.15) is 0 Å². The predicted molar refractivity (Wildman–Crippen MR) is 125 cm³/mol. The minimum Gasteiger partial charge on any atom is -0.229 e. The van der Waals surface area contributed by atoms with Crippen LogP contribution in [0.25, 0.3) is 28.2 Å². The smallest absolute Gasteiger partial charge is 0.112 e. The highest BCUT2D eigenvalue weighted by Crippen LogP contribution is 2.40. The van der Waals surface area contributed by atoms with Gasteiger partial charge in [-0.15, -0.1) is 0 Å². The molecule has 0 N–H and O–H groups in total. The van der Waals surface area contributed by atoms with E-state index in [0.29, 0.717) is 26.4 Å². The van der Waals surface area contributed by atoms with E-state index in [1.54, 1.807) is 16.8 Å². The largest absolute Gasteiger partial charge is 0.229 e. The highest BCUT2D eigenvalue weighted by atomic mass is 79.9. The van der Waals surface area contributed by atoms with Crippen LogP contribution < -0.4 is 0 Å². The van der Waals surface area contributed by atoms with Crippen molar-refractivity contribution in [2.45, 2.75) is 0 Å². The third-order valence-corrected chi connectivity index (χ3v) is 6.04. The summed E-state index contributed by atoms with van der Waals surface area (Å²) >= 11 is 26.5. The molecule has 0 amide bonds. The maximum atomic E-state index is 6.85. The first-order chi connectivity index (χ1) is 13.4. The summed E-state index contributed by atoms with van der Waals surface area (Å²) in [7, 11) is 0. The molecule has 1 aromatic heterocycles. The van der Waals surface area contributed by atoms with Crippen LogP contribution in [0.2, 0.25) is 15.1 Å². The molecule has 0 aliphatic rings. The predicted octanol–water partition coefficient (Wildman–Crippen LogP) is 8.69. The van der Waals surface area contributed by atoms with Crippen LogP contribution in [-0.2, 0) is 0 Å². The fraction of sp³-hybridized carbons (Fsp3) is 0. The van der Waals surface area contributed by atoms with E-state index < -0.39 is 0 Å². The number of hydrogen-bond donors (Lipinski definition) is 0. The first-order valence-corrected chi connectivity index (χ1v) is 10.9. The van der Waals surface area contributed by atoms with Crippen molar-refractivity contribution in [2.24, 2.45) is 0 Å². The monoisotopic (exact) mass is 554 g/mol. The Bertz CT molecular complexity index is 1190. The molecular formula is C21H11Br2Cl3N2. The van der Waals surface area contributed by atoms with Gasteiger partial charge in [0.25, 0.3) is 0 Å². The molecule has 0 saturated heterocycles. The van der Waals surface area contributed by atoms with Crippen molar-refractivity contribution in [3.63, 3.8) is 0 Å². The number of aromatic nitrogens is 2. The molecule has 140 valence electrons. The summed E-state index contributed by atoms with van der Waals surface area (Å²) in [5, 5.41) is 6.40. The third kappa shape index (κ3) is 3.89. The average molecular weight is 558 g/mol. The molecule has 4 rings (SSSR count).